The Balaban J connectivity index is 1.38. The molecule has 1 unspecified atom stereocenters. The summed E-state index contributed by atoms with van der Waals surface area (Å²) in [6.07, 6.45) is -6.86. The molecule has 8 N–H and O–H groups in total. The van der Waals surface area contributed by atoms with E-state index in [1.165, 1.54) is 12.1 Å². The number of guanidine groups is 1. The predicted octanol–water partition coefficient (Wildman–Crippen LogP) is -1.28. The van der Waals surface area contributed by atoms with Gasteiger partial charge in [0.25, 0.3) is 11.7 Å². The van der Waals surface area contributed by atoms with Gasteiger partial charge in [0.2, 0.25) is 18.0 Å². The van der Waals surface area contributed by atoms with E-state index in [1.54, 1.807) is 30.3 Å². The Hall–Kier alpha value is -5.24. The maximum atomic E-state index is 14.3. The Morgan fingerprint density at radius 3 is 2.49 bits per heavy atom. The van der Waals surface area contributed by atoms with E-state index in [4.69, 9.17) is 24.4 Å². The number of quaternary nitrogens is 1. The van der Waals surface area contributed by atoms with E-state index < -0.39 is 73.2 Å². The highest BCUT2D eigenvalue weighted by Gasteiger charge is 2.57. The summed E-state index contributed by atoms with van der Waals surface area (Å²) in [4.78, 5) is 50.7. The summed E-state index contributed by atoms with van der Waals surface area (Å²) in [5.41, 5.74) is -0.711. The normalized spacial score (nSPS) is 28.7. The Bertz CT molecular complexity index is 2170. The molecule has 5 aliphatic rings. The largest absolute Gasteiger partial charge is 0.486 e. The van der Waals surface area contributed by atoms with E-state index in [0.717, 1.165) is 0 Å². The molecule has 1 amide bonds. The molecule has 1 saturated heterocycles. The van der Waals surface area contributed by atoms with Gasteiger partial charge in [-0.3, -0.25) is 25.1 Å². The van der Waals surface area contributed by atoms with Gasteiger partial charge in [-0.1, -0.05) is 42.5 Å². The second-order valence-corrected chi connectivity index (χ2v) is 13.8. The lowest BCUT2D eigenvalue weighted by atomic mass is 9.79. The summed E-state index contributed by atoms with van der Waals surface area (Å²) in [7, 11) is 0. The zero-order valence-electron chi connectivity index (χ0n) is 29.2. The average Bonchev–Trinajstić information content (AvgIpc) is 3.60. The lowest BCUT2D eigenvalue weighted by Crippen LogP contribution is -3.09. The molecule has 286 valence electrons. The first-order chi connectivity index (χ1) is 26.6. The summed E-state index contributed by atoms with van der Waals surface area (Å²) >= 11 is 0. The van der Waals surface area contributed by atoms with Crippen LogP contribution in [-0.2, 0) is 14.3 Å². The number of hydrogen-bond donors (Lipinski definition) is 8. The topological polar surface area (TPSA) is 254 Å². The minimum atomic E-state index is -2.41. The van der Waals surface area contributed by atoms with Crippen molar-refractivity contribution in [3.8, 4) is 11.5 Å². The van der Waals surface area contributed by atoms with E-state index in [9.17, 15) is 39.9 Å². The van der Waals surface area contributed by atoms with Gasteiger partial charge in [0.05, 0.1) is 18.8 Å². The second kappa shape index (κ2) is 14.4. The molecular formula is C38H38N5O12+. The first-order valence-corrected chi connectivity index (χ1v) is 17.8. The number of amides is 1. The number of nitrogens with zero attached hydrogens (tertiary/aromatic N) is 2. The molecule has 7 atom stereocenters. The minimum absolute atomic E-state index is 0.0123. The second-order valence-electron chi connectivity index (χ2n) is 13.8. The third-order valence-electron chi connectivity index (χ3n) is 10.6. The van der Waals surface area contributed by atoms with Crippen molar-refractivity contribution in [2.24, 2.45) is 9.98 Å². The quantitative estimate of drug-likeness (QED) is 0.110. The molecule has 1 fully saturated rings. The highest BCUT2D eigenvalue weighted by atomic mass is 16.7. The minimum Gasteiger partial charge on any atom is -0.486 e. The molecule has 1 aliphatic carbocycles. The highest BCUT2D eigenvalue weighted by molar-refractivity contribution is 6.68. The van der Waals surface area contributed by atoms with Gasteiger partial charge in [0.15, 0.2) is 35.3 Å². The number of ketones is 2. The molecule has 4 heterocycles. The Kier molecular flexibility index (Phi) is 9.64. The molecule has 4 aliphatic heterocycles. The number of aliphatic hydroxyl groups excluding tert-OH is 4. The smallest absolute Gasteiger partial charge is 0.284 e. The molecule has 0 spiro atoms. The number of amidine groups is 1. The number of nitrogens with one attached hydrogen (secondary N) is 3. The van der Waals surface area contributed by atoms with Crippen LogP contribution < -0.4 is 19.7 Å². The first kappa shape index (κ1) is 36.7. The Morgan fingerprint density at radius 1 is 0.982 bits per heavy atom. The molecule has 0 aromatic heterocycles. The maximum Gasteiger partial charge on any atom is 0.284 e. The average molecular weight is 757 g/mol. The van der Waals surface area contributed by atoms with Gasteiger partial charge < -0.3 is 44.5 Å². The lowest BCUT2D eigenvalue weighted by Gasteiger charge is -2.47. The van der Waals surface area contributed by atoms with Crippen LogP contribution in [0.2, 0.25) is 0 Å². The fourth-order valence-electron chi connectivity index (χ4n) is 7.93. The molecule has 3 aromatic rings. The Labute approximate surface area is 313 Å². The van der Waals surface area contributed by atoms with E-state index in [0.29, 0.717) is 16.2 Å². The summed E-state index contributed by atoms with van der Waals surface area (Å²) < 4.78 is 24.8. The van der Waals surface area contributed by atoms with Gasteiger partial charge in [-0.25, -0.2) is 9.89 Å². The molecular weight excluding hydrogens is 718 g/mol. The van der Waals surface area contributed by atoms with Crippen molar-refractivity contribution < 1.29 is 63.8 Å². The number of ether oxygens (including phenoxy) is 4. The van der Waals surface area contributed by atoms with E-state index in [2.05, 4.69) is 15.3 Å². The monoisotopic (exact) mass is 756 g/mol. The molecule has 0 saturated carbocycles. The van der Waals surface area contributed by atoms with E-state index >= 15 is 0 Å². The van der Waals surface area contributed by atoms with E-state index in [-0.39, 0.29) is 89.7 Å². The first-order valence-electron chi connectivity index (χ1n) is 17.8. The van der Waals surface area contributed by atoms with Crippen LogP contribution in [0.1, 0.15) is 61.7 Å². The molecule has 17 heteroatoms. The van der Waals surface area contributed by atoms with Crippen molar-refractivity contribution in [3.05, 3.63) is 88.0 Å². The number of rotatable bonds is 7. The van der Waals surface area contributed by atoms with Gasteiger partial charge in [-0.2, -0.15) is 4.99 Å². The van der Waals surface area contributed by atoms with Crippen molar-refractivity contribution in [1.29, 1.82) is 5.41 Å². The summed E-state index contributed by atoms with van der Waals surface area (Å²) in [5, 5.41) is 64.6. The van der Waals surface area contributed by atoms with Crippen molar-refractivity contribution in [2.45, 2.75) is 49.0 Å². The van der Waals surface area contributed by atoms with Crippen LogP contribution in [0.5, 0.6) is 11.5 Å². The van der Waals surface area contributed by atoms with E-state index in [1.807, 2.05) is 12.1 Å². The highest BCUT2D eigenvalue weighted by Crippen LogP contribution is 2.49. The number of para-hydroxylation sites is 1. The predicted molar refractivity (Wildman–Crippen MR) is 190 cm³/mol. The number of aliphatic hydroxyl groups is 5. The molecule has 3 aromatic carbocycles. The number of aliphatic imine (C=N–C) groups is 2. The van der Waals surface area contributed by atoms with Crippen molar-refractivity contribution in [3.63, 3.8) is 0 Å². The van der Waals surface area contributed by atoms with Crippen LogP contribution in [0.4, 0.5) is 5.69 Å². The van der Waals surface area contributed by atoms with Crippen molar-refractivity contribution in [1.82, 2.24) is 5.32 Å². The third kappa shape index (κ3) is 6.05. The van der Waals surface area contributed by atoms with Gasteiger partial charge >= 0.3 is 0 Å². The van der Waals surface area contributed by atoms with Gasteiger partial charge in [-0.05, 0) is 18.6 Å². The van der Waals surface area contributed by atoms with Crippen LogP contribution in [0.25, 0.3) is 0 Å². The number of carbonyl (C=O) groups is 3. The van der Waals surface area contributed by atoms with Crippen molar-refractivity contribution >= 4 is 40.7 Å². The summed E-state index contributed by atoms with van der Waals surface area (Å²) in [6.45, 7) is -1.63. The lowest BCUT2D eigenvalue weighted by molar-refractivity contribution is -0.723. The zero-order valence-corrected chi connectivity index (χ0v) is 29.2. The van der Waals surface area contributed by atoms with Crippen LogP contribution >= 0.6 is 0 Å². The molecule has 55 heavy (non-hydrogen) atoms. The van der Waals surface area contributed by atoms with Crippen LogP contribution in [0, 0.1) is 5.41 Å². The summed E-state index contributed by atoms with van der Waals surface area (Å²) in [6, 6.07) is 15.0. The fraction of sp³-hybridized carbons (Fsp3) is 0.368. The third-order valence-corrected chi connectivity index (χ3v) is 10.6. The van der Waals surface area contributed by atoms with Gasteiger partial charge in [0.1, 0.15) is 30.6 Å². The van der Waals surface area contributed by atoms with Crippen LogP contribution in [0.3, 0.4) is 0 Å². The standard InChI is InChI=1S/C38H37N5O12/c39-37-41-34-27(35(50)42-37)40-17-43(34)24-8-4-3-5-19(24)18-9-13-52-16-25-30(48)33(49)38(51,10-11-44)36(54-25)55-31-22(18)15-23-26(32(31)53-14-12-45)29(47)21-7-2-1-6-20(21)28(23)46/h1-8,15,18,25,30,33,36,44-45,48-49,51H,9-14,16-17H2,(H2,39,42,50)/p+1/t18-,25-,30-,33+,36+,38-/m0/s1. The molecule has 8 rings (SSSR count). The van der Waals surface area contributed by atoms with Gasteiger partial charge in [0, 0.05) is 53.4 Å². The molecule has 2 bridgehead atoms. The molecule has 0 radical (unpaired) electrons. The fourth-order valence-corrected chi connectivity index (χ4v) is 7.93. The number of benzene rings is 3. The van der Waals surface area contributed by atoms with Crippen LogP contribution in [0.15, 0.2) is 64.6 Å². The van der Waals surface area contributed by atoms with Crippen molar-refractivity contribution in [2.75, 3.05) is 39.7 Å². The number of hydrogen-bond acceptors (Lipinski definition) is 14. The maximum absolute atomic E-state index is 14.3. The zero-order chi connectivity index (χ0) is 38.6. The molecule has 17 nitrogen and oxygen atoms in total. The number of fused-ring (bicyclic) bond motifs is 6. The SMILES string of the molecule is N=C1N=C2C(=NC[NH+]2c2ccccc2[C@@H]2CCOC[C@@H]3O[C@H](Oc4c2cc2c(c4OCCO)C(=O)c4ccccc4C2=O)[C@](O)(CCO)[C@H](O)[C@H]3O)C(=O)N1. The van der Waals surface area contributed by atoms with Crippen LogP contribution in [-0.4, -0.2) is 130 Å². The van der Waals surface area contributed by atoms with Gasteiger partial charge in [-0.15, -0.1) is 0 Å². The number of carbonyl (C=O) groups excluding carboxylic acids is 3. The Morgan fingerprint density at radius 2 is 1.73 bits per heavy atom. The summed E-state index contributed by atoms with van der Waals surface area (Å²) in [5.74, 6) is -2.87.